The average Bonchev–Trinajstić information content (AvgIpc) is 2.95. The zero-order chi connectivity index (χ0) is 15.1. The maximum absolute atomic E-state index is 10.7. The first-order valence-electron chi connectivity index (χ1n) is 6.78. The fraction of sp³-hybridized carbons (Fsp3) is 0.333. The van der Waals surface area contributed by atoms with E-state index in [4.69, 9.17) is 5.11 Å². The van der Waals surface area contributed by atoms with Crippen molar-refractivity contribution >= 4 is 16.3 Å². The summed E-state index contributed by atoms with van der Waals surface area (Å²) in [6.07, 6.45) is 0.896. The summed E-state index contributed by atoms with van der Waals surface area (Å²) < 4.78 is 0. The lowest BCUT2D eigenvalue weighted by molar-refractivity contribution is -0.380. The van der Waals surface area contributed by atoms with E-state index in [1.165, 1.54) is 5.56 Å². The Morgan fingerprint density at radius 2 is 1.95 bits per heavy atom. The molecular weight excluding hydrogens is 288 g/mol. The Morgan fingerprint density at radius 3 is 2.57 bits per heavy atom. The Kier molecular flexibility index (Phi) is 5.86. The molecule has 5 nitrogen and oxygen atoms in total. The lowest BCUT2D eigenvalue weighted by Crippen LogP contribution is -2.28. The van der Waals surface area contributed by atoms with Crippen LogP contribution in [0.5, 0.6) is 0 Å². The van der Waals surface area contributed by atoms with E-state index in [1.54, 1.807) is 6.07 Å². The van der Waals surface area contributed by atoms with Crippen LogP contribution in [0, 0.1) is 10.1 Å². The van der Waals surface area contributed by atoms with Gasteiger partial charge in [-0.3, -0.25) is 15.0 Å². The number of thiophene rings is 1. The van der Waals surface area contributed by atoms with Gasteiger partial charge in [0, 0.05) is 31.1 Å². The van der Waals surface area contributed by atoms with Gasteiger partial charge in [0.15, 0.2) is 0 Å². The van der Waals surface area contributed by atoms with E-state index in [-0.39, 0.29) is 16.5 Å². The largest absolute Gasteiger partial charge is 0.395 e. The number of hydrogen-bond donors (Lipinski definition) is 1. The van der Waals surface area contributed by atoms with Crippen molar-refractivity contribution in [2.75, 3.05) is 19.7 Å². The van der Waals surface area contributed by atoms with Gasteiger partial charge in [-0.15, -0.1) is 0 Å². The van der Waals surface area contributed by atoms with Gasteiger partial charge >= 0.3 is 5.00 Å². The molecule has 0 saturated carbocycles. The van der Waals surface area contributed by atoms with Crippen molar-refractivity contribution in [1.82, 2.24) is 4.90 Å². The molecule has 112 valence electrons. The zero-order valence-corrected chi connectivity index (χ0v) is 12.5. The van der Waals surface area contributed by atoms with Crippen molar-refractivity contribution in [3.05, 3.63) is 63.0 Å². The predicted octanol–water partition coefficient (Wildman–Crippen LogP) is 2.69. The first-order chi connectivity index (χ1) is 10.2. The highest BCUT2D eigenvalue weighted by atomic mass is 32.1. The third-order valence-corrected chi connectivity index (χ3v) is 4.13. The molecular formula is C15H18N2O3S. The van der Waals surface area contributed by atoms with Crippen LogP contribution in [0.4, 0.5) is 5.00 Å². The van der Waals surface area contributed by atoms with Crippen LogP contribution in [0.3, 0.4) is 0 Å². The maximum atomic E-state index is 10.7. The minimum absolute atomic E-state index is 0.0843. The molecule has 1 N–H and O–H groups in total. The Labute approximate surface area is 127 Å². The van der Waals surface area contributed by atoms with Gasteiger partial charge in [-0.05, 0) is 17.5 Å². The highest BCUT2D eigenvalue weighted by Crippen LogP contribution is 2.23. The summed E-state index contributed by atoms with van der Waals surface area (Å²) in [7, 11) is 0. The second kappa shape index (κ2) is 7.87. The number of rotatable bonds is 8. The monoisotopic (exact) mass is 306 g/mol. The number of hydrogen-bond acceptors (Lipinski definition) is 5. The van der Waals surface area contributed by atoms with E-state index < -0.39 is 0 Å². The van der Waals surface area contributed by atoms with E-state index in [9.17, 15) is 10.1 Å². The predicted molar refractivity (Wildman–Crippen MR) is 83.5 cm³/mol. The van der Waals surface area contributed by atoms with Crippen molar-refractivity contribution in [2.24, 2.45) is 0 Å². The van der Waals surface area contributed by atoms with Crippen LogP contribution in [0.2, 0.25) is 0 Å². The normalized spacial score (nSPS) is 11.0. The number of nitro groups is 1. The minimum Gasteiger partial charge on any atom is -0.395 e. The number of aliphatic hydroxyl groups is 1. The minimum atomic E-state index is -0.367. The average molecular weight is 306 g/mol. The molecule has 1 aromatic heterocycles. The van der Waals surface area contributed by atoms with Crippen LogP contribution in [0.25, 0.3) is 0 Å². The second-order valence-corrected chi connectivity index (χ2v) is 5.68. The van der Waals surface area contributed by atoms with E-state index in [0.717, 1.165) is 29.9 Å². The van der Waals surface area contributed by atoms with Crippen LogP contribution < -0.4 is 0 Å². The zero-order valence-electron chi connectivity index (χ0n) is 11.6. The summed E-state index contributed by atoms with van der Waals surface area (Å²) in [5, 5.41) is 21.8. The lowest BCUT2D eigenvalue weighted by Gasteiger charge is -2.20. The molecule has 0 amide bonds. The van der Waals surface area contributed by atoms with Gasteiger partial charge in [-0.25, -0.2) is 0 Å². The fourth-order valence-corrected chi connectivity index (χ4v) is 2.86. The Balaban J connectivity index is 1.93. The van der Waals surface area contributed by atoms with Crippen molar-refractivity contribution in [3.63, 3.8) is 0 Å². The highest BCUT2D eigenvalue weighted by Gasteiger charge is 2.12. The van der Waals surface area contributed by atoms with Crippen LogP contribution in [0.15, 0.2) is 41.8 Å². The third-order valence-electron chi connectivity index (χ3n) is 3.20. The molecule has 0 aliphatic carbocycles. The molecule has 1 heterocycles. The molecule has 1 aromatic carbocycles. The maximum Gasteiger partial charge on any atom is 0.324 e. The summed E-state index contributed by atoms with van der Waals surface area (Å²) in [6.45, 7) is 2.09. The molecule has 0 unspecified atom stereocenters. The molecule has 6 heteroatoms. The van der Waals surface area contributed by atoms with Gasteiger partial charge in [0.2, 0.25) is 0 Å². The van der Waals surface area contributed by atoms with Crippen LogP contribution in [-0.2, 0) is 13.0 Å². The van der Waals surface area contributed by atoms with Gasteiger partial charge in [0.1, 0.15) is 0 Å². The molecule has 0 spiro atoms. The first kappa shape index (κ1) is 15.6. The molecule has 21 heavy (non-hydrogen) atoms. The summed E-state index contributed by atoms with van der Waals surface area (Å²) in [5.74, 6) is 0. The topological polar surface area (TPSA) is 66.6 Å². The SMILES string of the molecule is O=[N+]([O-])c1cc(CN(CCO)CCc2ccccc2)cs1. The number of benzene rings is 1. The van der Waals surface area contributed by atoms with E-state index in [2.05, 4.69) is 17.0 Å². The molecule has 0 radical (unpaired) electrons. The summed E-state index contributed by atoms with van der Waals surface area (Å²) >= 11 is 1.14. The molecule has 2 aromatic rings. The molecule has 0 atom stereocenters. The highest BCUT2D eigenvalue weighted by molar-refractivity contribution is 7.13. The van der Waals surface area contributed by atoms with Crippen molar-refractivity contribution in [3.8, 4) is 0 Å². The Bertz CT molecular complexity index is 571. The fourth-order valence-electron chi connectivity index (χ4n) is 2.14. The molecule has 2 rings (SSSR count). The molecule has 0 fully saturated rings. The Morgan fingerprint density at radius 1 is 1.19 bits per heavy atom. The first-order valence-corrected chi connectivity index (χ1v) is 7.66. The summed E-state index contributed by atoms with van der Waals surface area (Å²) in [6, 6.07) is 11.8. The van der Waals surface area contributed by atoms with E-state index >= 15 is 0 Å². The third kappa shape index (κ3) is 4.93. The molecule has 0 aliphatic heterocycles. The van der Waals surface area contributed by atoms with Crippen LogP contribution in [0.1, 0.15) is 11.1 Å². The summed E-state index contributed by atoms with van der Waals surface area (Å²) in [5.41, 5.74) is 2.17. The summed E-state index contributed by atoms with van der Waals surface area (Å²) in [4.78, 5) is 12.4. The van der Waals surface area contributed by atoms with E-state index in [0.29, 0.717) is 13.1 Å². The van der Waals surface area contributed by atoms with E-state index in [1.807, 2.05) is 23.6 Å². The van der Waals surface area contributed by atoms with Gasteiger partial charge in [-0.1, -0.05) is 41.7 Å². The van der Waals surface area contributed by atoms with Gasteiger partial charge in [0.05, 0.1) is 11.5 Å². The van der Waals surface area contributed by atoms with Crippen LogP contribution in [-0.4, -0.2) is 34.6 Å². The molecule has 0 saturated heterocycles. The van der Waals surface area contributed by atoms with Crippen molar-refractivity contribution in [1.29, 1.82) is 0 Å². The van der Waals surface area contributed by atoms with Crippen molar-refractivity contribution in [2.45, 2.75) is 13.0 Å². The van der Waals surface area contributed by atoms with Crippen molar-refractivity contribution < 1.29 is 10.0 Å². The molecule has 0 aliphatic rings. The standard InChI is InChI=1S/C15H18N2O3S/c18-9-8-16(7-6-13-4-2-1-3-5-13)11-14-10-15(17(19)20)21-12-14/h1-5,10,12,18H,6-9,11H2. The Hall–Kier alpha value is -1.76. The van der Waals surface area contributed by atoms with Gasteiger partial charge in [-0.2, -0.15) is 0 Å². The molecule has 0 bridgehead atoms. The van der Waals surface area contributed by atoms with Gasteiger partial charge < -0.3 is 5.11 Å². The number of aliphatic hydroxyl groups excluding tert-OH is 1. The number of nitrogens with zero attached hydrogens (tertiary/aromatic N) is 2. The second-order valence-electron chi connectivity index (χ2n) is 4.79. The van der Waals surface area contributed by atoms with Crippen LogP contribution >= 0.6 is 11.3 Å². The lowest BCUT2D eigenvalue weighted by atomic mass is 10.1. The van der Waals surface area contributed by atoms with Gasteiger partial charge in [0.25, 0.3) is 0 Å². The smallest absolute Gasteiger partial charge is 0.324 e. The quantitative estimate of drug-likeness (QED) is 0.601.